The molecule has 0 saturated carbocycles. The number of fused-ring (bicyclic) bond motifs is 1. The smallest absolute Gasteiger partial charge is 0.333 e. The lowest BCUT2D eigenvalue weighted by molar-refractivity contribution is -0.168. The molecule has 2 amide bonds. The molecule has 0 fully saturated rings. The third kappa shape index (κ3) is 4.22. The second-order valence-electron chi connectivity index (χ2n) is 7.64. The van der Waals surface area contributed by atoms with Gasteiger partial charge in [0, 0.05) is 0 Å². The van der Waals surface area contributed by atoms with Crippen molar-refractivity contribution in [2.75, 3.05) is 6.61 Å². The lowest BCUT2D eigenvalue weighted by Crippen LogP contribution is -2.32. The van der Waals surface area contributed by atoms with Gasteiger partial charge in [0.2, 0.25) is 0 Å². The molecule has 28 heavy (non-hydrogen) atoms. The maximum atomic E-state index is 12.2. The second kappa shape index (κ2) is 7.84. The Kier molecular flexibility index (Phi) is 5.49. The minimum absolute atomic E-state index is 0.0352. The van der Waals surface area contributed by atoms with Gasteiger partial charge < -0.3 is 9.57 Å². The van der Waals surface area contributed by atoms with E-state index in [9.17, 15) is 14.4 Å². The van der Waals surface area contributed by atoms with Gasteiger partial charge in [-0.15, -0.1) is 0 Å². The first-order valence-corrected chi connectivity index (χ1v) is 9.19. The molecule has 0 saturated heterocycles. The minimum atomic E-state index is -0.652. The first-order chi connectivity index (χ1) is 13.3. The molecule has 0 unspecified atom stereocenters. The zero-order valence-corrected chi connectivity index (χ0v) is 16.2. The Morgan fingerprint density at radius 3 is 2.04 bits per heavy atom. The van der Waals surface area contributed by atoms with Crippen LogP contribution in [-0.2, 0) is 15.0 Å². The lowest BCUT2D eigenvalue weighted by Gasteiger charge is -2.19. The van der Waals surface area contributed by atoms with Gasteiger partial charge >= 0.3 is 5.97 Å². The van der Waals surface area contributed by atoms with Crippen LogP contribution in [-0.4, -0.2) is 29.5 Å². The molecule has 2 aromatic carbocycles. The van der Waals surface area contributed by atoms with Crippen LogP contribution in [0.3, 0.4) is 0 Å². The molecule has 1 aliphatic rings. The summed E-state index contributed by atoms with van der Waals surface area (Å²) in [6.45, 7) is 6.75. The van der Waals surface area contributed by atoms with E-state index in [4.69, 9.17) is 9.57 Å². The third-order valence-electron chi connectivity index (χ3n) is 4.46. The van der Waals surface area contributed by atoms with Crippen LogP contribution in [0.1, 0.15) is 59.9 Å². The number of nitrogens with zero attached hydrogens (tertiary/aromatic N) is 1. The standard InChI is InChI=1S/C22H23NO5/c1-22(2,3)15-10-12-16(13-11-15)27-14-6-9-19(24)28-23-20(25)17-7-4-5-8-18(17)21(23)26/h4-5,7-8,10-13H,6,9,14H2,1-3H3. The van der Waals surface area contributed by atoms with E-state index in [1.54, 1.807) is 12.1 Å². The summed E-state index contributed by atoms with van der Waals surface area (Å²) in [4.78, 5) is 41.3. The molecule has 0 N–H and O–H groups in total. The average Bonchev–Trinajstić information content (AvgIpc) is 2.90. The normalized spacial score (nSPS) is 13.5. The number of imide groups is 1. The van der Waals surface area contributed by atoms with Crippen molar-refractivity contribution in [3.8, 4) is 5.75 Å². The predicted molar refractivity (Wildman–Crippen MR) is 103 cm³/mol. The summed E-state index contributed by atoms with van der Waals surface area (Å²) in [5, 5.41) is 0.527. The van der Waals surface area contributed by atoms with Gasteiger partial charge in [0.05, 0.1) is 24.2 Å². The van der Waals surface area contributed by atoms with Gasteiger partial charge in [-0.2, -0.15) is 0 Å². The van der Waals surface area contributed by atoms with Crippen LogP contribution >= 0.6 is 0 Å². The number of ether oxygens (including phenoxy) is 1. The number of carbonyl (C=O) groups excluding carboxylic acids is 3. The van der Waals surface area contributed by atoms with Crippen molar-refractivity contribution in [3.05, 3.63) is 65.2 Å². The topological polar surface area (TPSA) is 72.9 Å². The van der Waals surface area contributed by atoms with Gasteiger partial charge in [0.25, 0.3) is 11.8 Å². The summed E-state index contributed by atoms with van der Waals surface area (Å²) in [7, 11) is 0. The van der Waals surface area contributed by atoms with E-state index in [0.29, 0.717) is 18.1 Å². The first kappa shape index (κ1) is 19.6. The number of rotatable bonds is 6. The van der Waals surface area contributed by atoms with Crippen LogP contribution < -0.4 is 4.74 Å². The maximum absolute atomic E-state index is 12.2. The number of benzene rings is 2. The largest absolute Gasteiger partial charge is 0.494 e. The fourth-order valence-electron chi connectivity index (χ4n) is 2.86. The number of hydrogen-bond donors (Lipinski definition) is 0. The molecule has 0 aliphatic carbocycles. The lowest BCUT2D eigenvalue weighted by atomic mass is 9.87. The maximum Gasteiger partial charge on any atom is 0.333 e. The molecule has 1 aliphatic heterocycles. The molecular formula is C22H23NO5. The van der Waals surface area contributed by atoms with Crippen molar-refractivity contribution < 1.29 is 24.0 Å². The number of carbonyl (C=O) groups is 3. The monoisotopic (exact) mass is 381 g/mol. The Morgan fingerprint density at radius 1 is 0.929 bits per heavy atom. The summed E-state index contributed by atoms with van der Waals surface area (Å²) >= 11 is 0. The highest BCUT2D eigenvalue weighted by atomic mass is 16.7. The number of amides is 2. The van der Waals surface area contributed by atoms with Crippen LogP contribution in [0.25, 0.3) is 0 Å². The van der Waals surface area contributed by atoms with E-state index in [-0.39, 0.29) is 23.0 Å². The van der Waals surface area contributed by atoms with E-state index >= 15 is 0 Å². The van der Waals surface area contributed by atoms with E-state index in [1.807, 2.05) is 24.3 Å². The van der Waals surface area contributed by atoms with Crippen molar-refractivity contribution >= 4 is 17.8 Å². The van der Waals surface area contributed by atoms with Gasteiger partial charge in [0.1, 0.15) is 5.75 Å². The Morgan fingerprint density at radius 2 is 1.50 bits per heavy atom. The van der Waals surface area contributed by atoms with Gasteiger partial charge in [-0.3, -0.25) is 9.59 Å². The molecule has 0 bridgehead atoms. The Labute approximate surface area is 164 Å². The fourth-order valence-corrected chi connectivity index (χ4v) is 2.86. The molecule has 0 radical (unpaired) electrons. The SMILES string of the molecule is CC(C)(C)c1ccc(OCCCC(=O)ON2C(=O)c3ccccc3C2=O)cc1. The van der Waals surface area contributed by atoms with Gasteiger partial charge in [-0.05, 0) is 41.7 Å². The van der Waals surface area contributed by atoms with E-state index < -0.39 is 17.8 Å². The third-order valence-corrected chi connectivity index (χ3v) is 4.46. The van der Waals surface area contributed by atoms with E-state index in [1.165, 1.54) is 17.7 Å². The molecular weight excluding hydrogens is 358 g/mol. The second-order valence-corrected chi connectivity index (χ2v) is 7.64. The summed E-state index contributed by atoms with van der Waals surface area (Å²) in [6.07, 6.45) is 0.441. The van der Waals surface area contributed by atoms with Crippen molar-refractivity contribution in [1.29, 1.82) is 0 Å². The minimum Gasteiger partial charge on any atom is -0.494 e. The Hall–Kier alpha value is -3.15. The fraction of sp³-hybridized carbons (Fsp3) is 0.318. The van der Waals surface area contributed by atoms with Crippen LogP contribution in [0.5, 0.6) is 5.75 Å². The van der Waals surface area contributed by atoms with Gasteiger partial charge in [0.15, 0.2) is 0 Å². The average molecular weight is 381 g/mol. The Balaban J connectivity index is 1.44. The molecule has 6 heteroatoms. The van der Waals surface area contributed by atoms with Crippen LogP contribution in [0.15, 0.2) is 48.5 Å². The molecule has 2 aromatic rings. The van der Waals surface area contributed by atoms with Crippen molar-refractivity contribution in [3.63, 3.8) is 0 Å². The predicted octanol–water partition coefficient (Wildman–Crippen LogP) is 3.90. The summed E-state index contributed by atoms with van der Waals surface area (Å²) in [5.41, 5.74) is 1.76. The van der Waals surface area contributed by atoms with Crippen molar-refractivity contribution in [2.24, 2.45) is 0 Å². The zero-order valence-electron chi connectivity index (χ0n) is 16.2. The summed E-state index contributed by atoms with van der Waals surface area (Å²) < 4.78 is 5.63. The van der Waals surface area contributed by atoms with Crippen molar-refractivity contribution in [2.45, 2.75) is 39.0 Å². The molecule has 0 spiro atoms. The number of hydrogen-bond acceptors (Lipinski definition) is 5. The van der Waals surface area contributed by atoms with Gasteiger partial charge in [-0.25, -0.2) is 4.79 Å². The molecule has 1 heterocycles. The quantitative estimate of drug-likeness (QED) is 0.561. The van der Waals surface area contributed by atoms with E-state index in [2.05, 4.69) is 20.8 Å². The highest BCUT2D eigenvalue weighted by Gasteiger charge is 2.38. The zero-order chi connectivity index (χ0) is 20.3. The molecule has 0 atom stereocenters. The molecule has 0 aromatic heterocycles. The number of hydroxylamine groups is 2. The molecule has 6 nitrogen and oxygen atoms in total. The molecule has 3 rings (SSSR count). The summed E-state index contributed by atoms with van der Waals surface area (Å²) in [5.74, 6) is -1.17. The summed E-state index contributed by atoms with van der Waals surface area (Å²) in [6, 6.07) is 14.2. The first-order valence-electron chi connectivity index (χ1n) is 9.19. The highest BCUT2D eigenvalue weighted by molar-refractivity contribution is 6.20. The van der Waals surface area contributed by atoms with E-state index in [0.717, 1.165) is 5.75 Å². The van der Waals surface area contributed by atoms with Crippen LogP contribution in [0.2, 0.25) is 0 Å². The van der Waals surface area contributed by atoms with Crippen molar-refractivity contribution in [1.82, 2.24) is 5.06 Å². The highest BCUT2D eigenvalue weighted by Crippen LogP contribution is 2.25. The van der Waals surface area contributed by atoms with Gasteiger partial charge in [-0.1, -0.05) is 50.1 Å². The molecule has 146 valence electrons. The Bertz CT molecular complexity index is 861. The van der Waals surface area contributed by atoms with Crippen LogP contribution in [0, 0.1) is 0 Å². The van der Waals surface area contributed by atoms with Crippen LogP contribution in [0.4, 0.5) is 0 Å².